The number of hydrogen-bond donors (Lipinski definition) is 0. The number of anilines is 1. The molecule has 0 N–H and O–H groups in total. The molecule has 1 aromatic heterocycles. The number of halogens is 4. The Morgan fingerprint density at radius 2 is 1.89 bits per heavy atom. The third kappa shape index (κ3) is 7.51. The van der Waals surface area contributed by atoms with Gasteiger partial charge in [-0.25, -0.2) is 4.39 Å². The molecule has 2 heterocycles. The van der Waals surface area contributed by atoms with Gasteiger partial charge in [-0.05, 0) is 43.9 Å². The Labute approximate surface area is 207 Å². The van der Waals surface area contributed by atoms with Crippen LogP contribution in [0.5, 0.6) is 0 Å². The van der Waals surface area contributed by atoms with E-state index in [2.05, 4.69) is 34.0 Å². The van der Waals surface area contributed by atoms with Crippen LogP contribution in [0.25, 0.3) is 11.5 Å². The normalized spacial score (nSPS) is 14.5. The minimum Gasteiger partial charge on any atom is -0.415 e. The van der Waals surface area contributed by atoms with Crippen molar-refractivity contribution in [3.05, 3.63) is 64.8 Å². The first kappa shape index (κ1) is 26.7. The standard InChI is InChI=1S/C17H11ClF3N3O2.C7H16N2/c18-12-2-1-3-13(7-12)24(9-25)8-11-5-4-10(6-14(11)19)16-22-23-17(26-16)15(20)21;1-3-9-6-4-8(2)5-7-9/h1-7,9,15H,8H2;3-7H2,1-2H3. The second kappa shape index (κ2) is 12.7. The first-order valence-electron chi connectivity index (χ1n) is 11.1. The Hall–Kier alpha value is -2.95. The molecule has 1 aliphatic rings. The van der Waals surface area contributed by atoms with Crippen molar-refractivity contribution in [3.8, 4) is 11.5 Å². The van der Waals surface area contributed by atoms with Crippen molar-refractivity contribution in [2.45, 2.75) is 19.9 Å². The van der Waals surface area contributed by atoms with Crippen LogP contribution in [0.3, 0.4) is 0 Å². The van der Waals surface area contributed by atoms with E-state index < -0.39 is 18.1 Å². The summed E-state index contributed by atoms with van der Waals surface area (Å²) in [5, 5.41) is 7.11. The van der Waals surface area contributed by atoms with E-state index in [4.69, 9.17) is 16.0 Å². The first-order chi connectivity index (χ1) is 16.8. The van der Waals surface area contributed by atoms with Gasteiger partial charge in [-0.2, -0.15) is 8.78 Å². The van der Waals surface area contributed by atoms with Crippen molar-refractivity contribution >= 4 is 23.7 Å². The summed E-state index contributed by atoms with van der Waals surface area (Å²) in [7, 11) is 2.19. The average molecular weight is 510 g/mol. The van der Waals surface area contributed by atoms with Gasteiger partial charge < -0.3 is 19.1 Å². The molecule has 0 saturated carbocycles. The summed E-state index contributed by atoms with van der Waals surface area (Å²) in [5.41, 5.74) is 0.884. The van der Waals surface area contributed by atoms with E-state index in [-0.39, 0.29) is 23.6 Å². The molecule has 0 aliphatic carbocycles. The monoisotopic (exact) mass is 509 g/mol. The Bertz CT molecular complexity index is 1110. The predicted molar refractivity (Wildman–Crippen MR) is 128 cm³/mol. The summed E-state index contributed by atoms with van der Waals surface area (Å²) < 4.78 is 44.2. The van der Waals surface area contributed by atoms with E-state index >= 15 is 0 Å². The van der Waals surface area contributed by atoms with Gasteiger partial charge in [0, 0.05) is 48.0 Å². The number of benzene rings is 2. The number of carbonyl (C=O) groups is 1. The number of carbonyl (C=O) groups excluding carboxylic acids is 1. The van der Waals surface area contributed by atoms with E-state index in [1.165, 1.54) is 49.8 Å². The number of likely N-dealkylation sites (N-methyl/N-ethyl adjacent to an activating group) is 2. The number of rotatable bonds is 7. The summed E-state index contributed by atoms with van der Waals surface area (Å²) >= 11 is 5.90. The molecule has 1 amide bonds. The molecule has 1 saturated heterocycles. The van der Waals surface area contributed by atoms with Gasteiger partial charge in [0.1, 0.15) is 5.82 Å². The summed E-state index contributed by atoms with van der Waals surface area (Å²) in [5.74, 6) is -1.70. The first-order valence-corrected chi connectivity index (χ1v) is 11.5. The van der Waals surface area contributed by atoms with E-state index in [0.29, 0.717) is 17.1 Å². The second-order valence-corrected chi connectivity index (χ2v) is 8.44. The molecule has 7 nitrogen and oxygen atoms in total. The van der Waals surface area contributed by atoms with Gasteiger partial charge in [-0.3, -0.25) is 4.79 Å². The van der Waals surface area contributed by atoms with Gasteiger partial charge in [0.05, 0.1) is 6.54 Å². The fraction of sp³-hybridized carbons (Fsp3) is 0.375. The fourth-order valence-electron chi connectivity index (χ4n) is 3.44. The van der Waals surface area contributed by atoms with E-state index in [0.717, 1.165) is 6.07 Å². The molecular weight excluding hydrogens is 483 g/mol. The number of amides is 1. The maximum atomic E-state index is 14.4. The third-order valence-electron chi connectivity index (χ3n) is 5.58. The molecule has 1 fully saturated rings. The van der Waals surface area contributed by atoms with Gasteiger partial charge in [0.25, 0.3) is 5.89 Å². The van der Waals surface area contributed by atoms with Crippen LogP contribution in [0.15, 0.2) is 46.9 Å². The molecular formula is C24H27ClF3N5O2. The lowest BCUT2D eigenvalue weighted by Gasteiger charge is -2.31. The van der Waals surface area contributed by atoms with Gasteiger partial charge in [0.15, 0.2) is 0 Å². The highest BCUT2D eigenvalue weighted by molar-refractivity contribution is 6.30. The predicted octanol–water partition coefficient (Wildman–Crippen LogP) is 4.88. The van der Waals surface area contributed by atoms with Crippen molar-refractivity contribution in [3.63, 3.8) is 0 Å². The van der Waals surface area contributed by atoms with Gasteiger partial charge >= 0.3 is 6.43 Å². The highest BCUT2D eigenvalue weighted by Gasteiger charge is 2.18. The van der Waals surface area contributed by atoms with Crippen LogP contribution in [-0.2, 0) is 11.3 Å². The Morgan fingerprint density at radius 1 is 1.14 bits per heavy atom. The molecule has 0 bridgehead atoms. The van der Waals surface area contributed by atoms with Crippen LogP contribution in [0.4, 0.5) is 18.9 Å². The zero-order valence-electron chi connectivity index (χ0n) is 19.5. The molecule has 0 spiro atoms. The van der Waals surface area contributed by atoms with Gasteiger partial charge in [0.2, 0.25) is 12.3 Å². The summed E-state index contributed by atoms with van der Waals surface area (Å²) in [6, 6.07) is 10.5. The van der Waals surface area contributed by atoms with Crippen LogP contribution in [0.2, 0.25) is 5.02 Å². The fourth-order valence-corrected chi connectivity index (χ4v) is 3.62. The summed E-state index contributed by atoms with van der Waals surface area (Å²) in [4.78, 5) is 17.5. The van der Waals surface area contributed by atoms with Crippen LogP contribution in [0.1, 0.15) is 24.8 Å². The third-order valence-corrected chi connectivity index (χ3v) is 5.81. The lowest BCUT2D eigenvalue weighted by Crippen LogP contribution is -2.44. The van der Waals surface area contributed by atoms with E-state index in [1.807, 2.05) is 0 Å². The van der Waals surface area contributed by atoms with Gasteiger partial charge in [-0.15, -0.1) is 10.2 Å². The van der Waals surface area contributed by atoms with Gasteiger partial charge in [-0.1, -0.05) is 30.7 Å². The summed E-state index contributed by atoms with van der Waals surface area (Å²) in [6.45, 7) is 8.41. The maximum absolute atomic E-state index is 14.4. The smallest absolute Gasteiger partial charge is 0.314 e. The molecule has 0 atom stereocenters. The average Bonchev–Trinajstić information content (AvgIpc) is 3.35. The highest BCUT2D eigenvalue weighted by atomic mass is 35.5. The summed E-state index contributed by atoms with van der Waals surface area (Å²) in [6.07, 6.45) is -2.34. The van der Waals surface area contributed by atoms with Crippen molar-refractivity contribution < 1.29 is 22.4 Å². The van der Waals surface area contributed by atoms with E-state index in [1.54, 1.807) is 24.3 Å². The zero-order valence-corrected chi connectivity index (χ0v) is 20.3. The minimum absolute atomic E-state index is 0.0396. The van der Waals surface area contributed by atoms with Crippen molar-refractivity contribution in [2.75, 3.05) is 44.7 Å². The molecule has 3 aromatic rings. The van der Waals surface area contributed by atoms with Crippen molar-refractivity contribution in [1.82, 2.24) is 20.0 Å². The number of piperazine rings is 1. The molecule has 11 heteroatoms. The molecule has 2 aromatic carbocycles. The number of aromatic nitrogens is 2. The largest absolute Gasteiger partial charge is 0.415 e. The minimum atomic E-state index is -2.90. The number of alkyl halides is 2. The number of hydrogen-bond acceptors (Lipinski definition) is 6. The molecule has 0 unspecified atom stereocenters. The Kier molecular flexibility index (Phi) is 9.64. The van der Waals surface area contributed by atoms with Crippen molar-refractivity contribution in [1.29, 1.82) is 0 Å². The van der Waals surface area contributed by atoms with Crippen LogP contribution >= 0.6 is 11.6 Å². The molecule has 35 heavy (non-hydrogen) atoms. The molecule has 188 valence electrons. The maximum Gasteiger partial charge on any atom is 0.314 e. The SMILES string of the molecule is CCN1CCN(C)CC1.O=CN(Cc1ccc(-c2nnc(C(F)F)o2)cc1F)c1cccc(Cl)c1. The van der Waals surface area contributed by atoms with Crippen molar-refractivity contribution in [2.24, 2.45) is 0 Å². The van der Waals surface area contributed by atoms with Crippen LogP contribution in [-0.4, -0.2) is 66.2 Å². The quantitative estimate of drug-likeness (QED) is 0.423. The lowest BCUT2D eigenvalue weighted by atomic mass is 10.1. The molecule has 1 aliphatic heterocycles. The lowest BCUT2D eigenvalue weighted by molar-refractivity contribution is -0.107. The van der Waals surface area contributed by atoms with Crippen LogP contribution in [0, 0.1) is 5.82 Å². The highest BCUT2D eigenvalue weighted by Crippen LogP contribution is 2.26. The van der Waals surface area contributed by atoms with Crippen LogP contribution < -0.4 is 4.90 Å². The Balaban J connectivity index is 0.000000320. The molecule has 4 rings (SSSR count). The molecule has 0 radical (unpaired) electrons. The second-order valence-electron chi connectivity index (χ2n) is 8.00. The Morgan fingerprint density at radius 3 is 2.46 bits per heavy atom. The zero-order chi connectivity index (χ0) is 25.4. The topological polar surface area (TPSA) is 65.7 Å². The number of nitrogens with zero attached hydrogens (tertiary/aromatic N) is 5. The van der Waals surface area contributed by atoms with E-state index in [9.17, 15) is 18.0 Å².